The molecule has 0 aliphatic carbocycles. The van der Waals surface area contributed by atoms with Crippen LogP contribution in [0.3, 0.4) is 0 Å². The third-order valence-electron chi connectivity index (χ3n) is 3.27. The van der Waals surface area contributed by atoms with E-state index in [1.165, 1.54) is 4.88 Å². The summed E-state index contributed by atoms with van der Waals surface area (Å²) in [4.78, 5) is 17.3. The zero-order valence-electron chi connectivity index (χ0n) is 12.7. The lowest BCUT2D eigenvalue weighted by Gasteiger charge is -1.98. The molecule has 23 heavy (non-hydrogen) atoms. The van der Waals surface area contributed by atoms with Gasteiger partial charge in [-0.15, -0.1) is 11.3 Å². The SMILES string of the molecule is CCc1cnc(CCNC(=O)C#Cc2ccc3c(c2)OCO3)s1. The van der Waals surface area contributed by atoms with Crippen molar-refractivity contribution in [2.45, 2.75) is 19.8 Å². The molecule has 0 bridgehead atoms. The molecular weight excluding hydrogens is 312 g/mol. The minimum absolute atomic E-state index is 0.225. The first-order valence-electron chi connectivity index (χ1n) is 7.37. The fraction of sp³-hybridized carbons (Fsp3) is 0.294. The number of nitrogens with one attached hydrogen (secondary N) is 1. The molecule has 1 aliphatic rings. The highest BCUT2D eigenvalue weighted by atomic mass is 32.1. The molecule has 5 nitrogen and oxygen atoms in total. The van der Waals surface area contributed by atoms with Crippen molar-refractivity contribution in [3.05, 3.63) is 39.8 Å². The normalized spacial score (nSPS) is 11.7. The summed E-state index contributed by atoms with van der Waals surface area (Å²) in [6, 6.07) is 5.36. The quantitative estimate of drug-likeness (QED) is 0.874. The largest absolute Gasteiger partial charge is 0.454 e. The maximum atomic E-state index is 11.7. The first kappa shape index (κ1) is 15.4. The van der Waals surface area contributed by atoms with Crippen molar-refractivity contribution in [3.63, 3.8) is 0 Å². The topological polar surface area (TPSA) is 60.5 Å². The highest BCUT2D eigenvalue weighted by Crippen LogP contribution is 2.32. The predicted octanol–water partition coefficient (Wildman–Crippen LogP) is 2.14. The molecule has 0 radical (unpaired) electrons. The van der Waals surface area contributed by atoms with E-state index in [0.717, 1.165) is 23.4 Å². The number of amides is 1. The smallest absolute Gasteiger partial charge is 0.296 e. The molecule has 2 heterocycles. The summed E-state index contributed by atoms with van der Waals surface area (Å²) >= 11 is 1.68. The second-order valence-corrected chi connectivity index (χ2v) is 6.10. The van der Waals surface area contributed by atoms with E-state index in [1.807, 2.05) is 6.20 Å². The average Bonchev–Trinajstić information content (AvgIpc) is 3.21. The Morgan fingerprint density at radius 3 is 3.09 bits per heavy atom. The summed E-state index contributed by atoms with van der Waals surface area (Å²) in [5.41, 5.74) is 0.719. The Kier molecular flexibility index (Phi) is 4.79. The molecule has 0 saturated carbocycles. The van der Waals surface area contributed by atoms with Gasteiger partial charge >= 0.3 is 0 Å². The number of carbonyl (C=O) groups is 1. The van der Waals surface area contributed by atoms with Crippen LogP contribution in [0.1, 0.15) is 22.4 Å². The highest BCUT2D eigenvalue weighted by Gasteiger charge is 2.12. The number of benzene rings is 1. The van der Waals surface area contributed by atoms with Gasteiger partial charge in [-0.3, -0.25) is 4.79 Å². The number of hydrogen-bond acceptors (Lipinski definition) is 5. The van der Waals surface area contributed by atoms with Crippen molar-refractivity contribution >= 4 is 17.2 Å². The molecule has 1 amide bonds. The van der Waals surface area contributed by atoms with Crippen LogP contribution < -0.4 is 14.8 Å². The Morgan fingerprint density at radius 2 is 2.26 bits per heavy atom. The number of aromatic nitrogens is 1. The molecule has 3 rings (SSSR count). The summed E-state index contributed by atoms with van der Waals surface area (Å²) in [6.45, 7) is 2.86. The molecule has 1 aliphatic heterocycles. The number of rotatable bonds is 4. The predicted molar refractivity (Wildman–Crippen MR) is 87.6 cm³/mol. The monoisotopic (exact) mass is 328 g/mol. The van der Waals surface area contributed by atoms with Crippen LogP contribution in [-0.4, -0.2) is 24.2 Å². The maximum Gasteiger partial charge on any atom is 0.296 e. The number of ether oxygens (including phenoxy) is 2. The molecule has 1 aromatic heterocycles. The van der Waals surface area contributed by atoms with Crippen LogP contribution in [0.2, 0.25) is 0 Å². The van der Waals surface area contributed by atoms with Gasteiger partial charge in [-0.2, -0.15) is 0 Å². The second-order valence-electron chi connectivity index (χ2n) is 4.90. The van der Waals surface area contributed by atoms with Crippen LogP contribution in [0.15, 0.2) is 24.4 Å². The lowest BCUT2D eigenvalue weighted by atomic mass is 10.2. The average molecular weight is 328 g/mol. The van der Waals surface area contributed by atoms with E-state index in [1.54, 1.807) is 29.5 Å². The van der Waals surface area contributed by atoms with Crippen molar-refractivity contribution in [2.75, 3.05) is 13.3 Å². The number of nitrogens with zero attached hydrogens (tertiary/aromatic N) is 1. The Labute approximate surface area is 138 Å². The number of thiazole rings is 1. The molecule has 1 N–H and O–H groups in total. The van der Waals surface area contributed by atoms with Gasteiger partial charge in [0, 0.05) is 35.5 Å². The Bertz CT molecular complexity index is 774. The van der Waals surface area contributed by atoms with Gasteiger partial charge in [-0.05, 0) is 24.6 Å². The summed E-state index contributed by atoms with van der Waals surface area (Å²) < 4.78 is 10.5. The van der Waals surface area contributed by atoms with E-state index >= 15 is 0 Å². The van der Waals surface area contributed by atoms with Gasteiger partial charge in [-0.1, -0.05) is 12.8 Å². The third-order valence-corrected chi connectivity index (χ3v) is 4.47. The van der Waals surface area contributed by atoms with Crippen LogP contribution in [0.25, 0.3) is 0 Å². The third kappa shape index (κ3) is 4.02. The number of fused-ring (bicyclic) bond motifs is 1. The van der Waals surface area contributed by atoms with Crippen LogP contribution in [-0.2, 0) is 17.6 Å². The first-order chi connectivity index (χ1) is 11.2. The first-order valence-corrected chi connectivity index (χ1v) is 8.19. The van der Waals surface area contributed by atoms with E-state index in [2.05, 4.69) is 29.1 Å². The minimum atomic E-state index is -0.296. The molecule has 118 valence electrons. The minimum Gasteiger partial charge on any atom is -0.454 e. The van der Waals surface area contributed by atoms with E-state index < -0.39 is 0 Å². The Hall–Kier alpha value is -2.52. The summed E-state index contributed by atoms with van der Waals surface area (Å²) in [5.74, 6) is 6.47. The maximum absolute atomic E-state index is 11.7. The molecule has 6 heteroatoms. The fourth-order valence-corrected chi connectivity index (χ4v) is 2.92. The van der Waals surface area contributed by atoms with Gasteiger partial charge in [0.2, 0.25) is 6.79 Å². The number of aryl methyl sites for hydroxylation is 1. The van der Waals surface area contributed by atoms with E-state index in [-0.39, 0.29) is 12.7 Å². The van der Waals surface area contributed by atoms with Crippen LogP contribution in [0.5, 0.6) is 11.5 Å². The molecule has 0 spiro atoms. The molecule has 0 fully saturated rings. The molecule has 0 atom stereocenters. The highest BCUT2D eigenvalue weighted by molar-refractivity contribution is 7.11. The molecular formula is C17H16N2O3S. The lowest BCUT2D eigenvalue weighted by Crippen LogP contribution is -2.23. The van der Waals surface area contributed by atoms with Crippen molar-refractivity contribution in [2.24, 2.45) is 0 Å². The zero-order chi connectivity index (χ0) is 16.1. The Morgan fingerprint density at radius 1 is 1.39 bits per heavy atom. The lowest BCUT2D eigenvalue weighted by molar-refractivity contribution is -0.115. The van der Waals surface area contributed by atoms with E-state index in [0.29, 0.717) is 18.0 Å². The fourth-order valence-electron chi connectivity index (χ4n) is 2.06. The van der Waals surface area contributed by atoms with Crippen molar-refractivity contribution in [1.29, 1.82) is 0 Å². The molecule has 2 aromatic rings. The van der Waals surface area contributed by atoms with Crippen molar-refractivity contribution in [1.82, 2.24) is 10.3 Å². The summed E-state index contributed by atoms with van der Waals surface area (Å²) in [7, 11) is 0. The van der Waals surface area contributed by atoms with Gasteiger partial charge in [0.25, 0.3) is 5.91 Å². The molecule has 1 aromatic carbocycles. The van der Waals surface area contributed by atoms with Crippen molar-refractivity contribution in [3.8, 4) is 23.3 Å². The summed E-state index contributed by atoms with van der Waals surface area (Å²) in [5, 5.41) is 3.81. The van der Waals surface area contributed by atoms with Gasteiger partial charge in [0.1, 0.15) is 0 Å². The van der Waals surface area contributed by atoms with Crippen LogP contribution in [0, 0.1) is 11.8 Å². The van der Waals surface area contributed by atoms with Crippen LogP contribution >= 0.6 is 11.3 Å². The van der Waals surface area contributed by atoms with Gasteiger partial charge in [0.15, 0.2) is 11.5 Å². The van der Waals surface area contributed by atoms with Crippen LogP contribution in [0.4, 0.5) is 0 Å². The number of carbonyl (C=O) groups excluding carboxylic acids is 1. The van der Waals surface area contributed by atoms with Gasteiger partial charge in [-0.25, -0.2) is 4.98 Å². The standard InChI is InChI=1S/C17H16N2O3S/c1-2-13-10-19-17(23-13)7-8-18-16(20)6-4-12-3-5-14-15(9-12)22-11-21-14/h3,5,9-10H,2,7-8,11H2,1H3,(H,18,20). The second kappa shape index (κ2) is 7.16. The van der Waals surface area contributed by atoms with Gasteiger partial charge < -0.3 is 14.8 Å². The number of hydrogen-bond donors (Lipinski definition) is 1. The molecule has 0 saturated heterocycles. The summed E-state index contributed by atoms with van der Waals surface area (Å²) in [6.07, 6.45) is 3.61. The zero-order valence-corrected chi connectivity index (χ0v) is 13.5. The Balaban J connectivity index is 1.49. The van der Waals surface area contributed by atoms with Gasteiger partial charge in [0.05, 0.1) is 5.01 Å². The van der Waals surface area contributed by atoms with Crippen molar-refractivity contribution < 1.29 is 14.3 Å². The van der Waals surface area contributed by atoms with E-state index in [4.69, 9.17) is 9.47 Å². The molecule has 0 unspecified atom stereocenters. The van der Waals surface area contributed by atoms with E-state index in [9.17, 15) is 4.79 Å².